The summed E-state index contributed by atoms with van der Waals surface area (Å²) in [6.07, 6.45) is 3.21. The molecule has 0 fully saturated rings. The zero-order chi connectivity index (χ0) is 22.5. The zero-order valence-electron chi connectivity index (χ0n) is 17.8. The van der Waals surface area contributed by atoms with Crippen molar-refractivity contribution >= 4 is 29.0 Å². The van der Waals surface area contributed by atoms with Gasteiger partial charge in [-0.2, -0.15) is 10.1 Å². The first-order chi connectivity index (χ1) is 15.4. The molecule has 0 aliphatic rings. The Morgan fingerprint density at radius 2 is 1.69 bits per heavy atom. The highest BCUT2D eigenvalue weighted by atomic mass is 16.5. The van der Waals surface area contributed by atoms with Gasteiger partial charge in [-0.15, -0.1) is 0 Å². The number of hydrogen-bond acceptors (Lipinski definition) is 7. The molecule has 10 heteroatoms. The number of amides is 2. The molecule has 162 valence electrons. The highest BCUT2D eigenvalue weighted by Gasteiger charge is 2.10. The van der Waals surface area contributed by atoms with Crippen LogP contribution in [0.15, 0.2) is 54.9 Å². The Morgan fingerprint density at radius 3 is 2.41 bits per heavy atom. The van der Waals surface area contributed by atoms with Crippen LogP contribution in [0.5, 0.6) is 11.8 Å². The lowest BCUT2D eigenvalue weighted by Gasteiger charge is -2.12. The molecule has 0 saturated heterocycles. The lowest BCUT2D eigenvalue weighted by atomic mass is 10.2. The van der Waals surface area contributed by atoms with Crippen LogP contribution >= 0.6 is 0 Å². The van der Waals surface area contributed by atoms with Crippen LogP contribution in [0, 0.1) is 20.8 Å². The van der Waals surface area contributed by atoms with Gasteiger partial charge >= 0.3 is 12.0 Å². The van der Waals surface area contributed by atoms with Crippen LogP contribution < -0.4 is 20.7 Å². The molecule has 1 aromatic carbocycles. The third-order valence-corrected chi connectivity index (χ3v) is 4.37. The summed E-state index contributed by atoms with van der Waals surface area (Å²) in [5.41, 5.74) is 3.71. The quantitative estimate of drug-likeness (QED) is 0.349. The maximum atomic E-state index is 12.2. The largest absolute Gasteiger partial charge is 0.424 e. The summed E-state index contributed by atoms with van der Waals surface area (Å²) in [4.78, 5) is 24.9. The molecular weight excluding hydrogens is 408 g/mol. The van der Waals surface area contributed by atoms with Gasteiger partial charge in [-0.05, 0) is 56.7 Å². The first kappa shape index (κ1) is 20.8. The van der Waals surface area contributed by atoms with Crippen molar-refractivity contribution in [1.82, 2.24) is 25.1 Å². The third kappa shape index (κ3) is 5.36. The molecule has 4 aromatic rings. The maximum absolute atomic E-state index is 12.2. The summed E-state index contributed by atoms with van der Waals surface area (Å²) in [5.74, 6) is 1.89. The number of rotatable bonds is 6. The number of benzene rings is 1. The predicted octanol–water partition coefficient (Wildman–Crippen LogP) is 4.70. The molecule has 0 unspecified atom stereocenters. The van der Waals surface area contributed by atoms with E-state index in [0.29, 0.717) is 22.9 Å². The van der Waals surface area contributed by atoms with Crippen LogP contribution in [0.4, 0.5) is 27.8 Å². The Morgan fingerprint density at radius 1 is 0.906 bits per heavy atom. The molecule has 0 spiro atoms. The Balaban J connectivity index is 1.44. The number of anilines is 4. The molecule has 0 aliphatic heterocycles. The summed E-state index contributed by atoms with van der Waals surface area (Å²) in [7, 11) is 0. The van der Waals surface area contributed by atoms with Crippen molar-refractivity contribution in [3.05, 3.63) is 71.8 Å². The average Bonchev–Trinajstić information content (AvgIpc) is 3.15. The molecule has 10 nitrogen and oxygen atoms in total. The topological polar surface area (TPSA) is 130 Å². The van der Waals surface area contributed by atoms with Gasteiger partial charge in [-0.25, -0.2) is 9.78 Å². The van der Waals surface area contributed by atoms with E-state index in [1.807, 2.05) is 39.0 Å². The number of H-pyrrole nitrogens is 1. The van der Waals surface area contributed by atoms with Gasteiger partial charge in [-0.1, -0.05) is 0 Å². The number of nitrogens with one attached hydrogen (secondary N) is 4. The summed E-state index contributed by atoms with van der Waals surface area (Å²) in [6.45, 7) is 5.63. The molecule has 3 aromatic heterocycles. The summed E-state index contributed by atoms with van der Waals surface area (Å²) < 4.78 is 5.91. The van der Waals surface area contributed by atoms with Gasteiger partial charge in [0.2, 0.25) is 0 Å². The van der Waals surface area contributed by atoms with E-state index >= 15 is 0 Å². The van der Waals surface area contributed by atoms with Crippen LogP contribution in [0.2, 0.25) is 0 Å². The van der Waals surface area contributed by atoms with E-state index in [1.54, 1.807) is 36.7 Å². The molecule has 0 saturated carbocycles. The Labute approximate surface area is 184 Å². The fourth-order valence-electron chi connectivity index (χ4n) is 2.94. The molecule has 0 radical (unpaired) electrons. The minimum absolute atomic E-state index is 0.211. The van der Waals surface area contributed by atoms with Crippen LogP contribution in [0.25, 0.3) is 0 Å². The first-order valence-corrected chi connectivity index (χ1v) is 9.86. The van der Waals surface area contributed by atoms with Crippen molar-refractivity contribution in [3.63, 3.8) is 0 Å². The van der Waals surface area contributed by atoms with Crippen LogP contribution in [0.3, 0.4) is 0 Å². The average molecular weight is 430 g/mol. The fourth-order valence-corrected chi connectivity index (χ4v) is 2.94. The second kappa shape index (κ2) is 9.13. The molecular formula is C22H22N8O2. The van der Waals surface area contributed by atoms with Crippen molar-refractivity contribution in [2.45, 2.75) is 20.8 Å². The maximum Gasteiger partial charge on any atom is 0.324 e. The van der Waals surface area contributed by atoms with Gasteiger partial charge in [-0.3, -0.25) is 10.1 Å². The number of pyridine rings is 1. The Hall–Kier alpha value is -4.47. The number of urea groups is 1. The van der Waals surface area contributed by atoms with E-state index in [2.05, 4.69) is 41.1 Å². The number of aryl methyl sites for hydroxylation is 3. The number of aromatic nitrogens is 5. The third-order valence-electron chi connectivity index (χ3n) is 4.37. The SMILES string of the molecule is Cc1cc(Nc2cc(C)nc(Oc3ccc(NC(=O)Nc4ccncc4)cc3C)n2)[nH]n1. The predicted molar refractivity (Wildman–Crippen MR) is 122 cm³/mol. The minimum Gasteiger partial charge on any atom is -0.424 e. The molecule has 4 N–H and O–H groups in total. The standard InChI is InChI=1S/C22H22N8O2/c1-13-10-17(26-21(31)25-16-6-8-23-9-7-16)4-5-18(13)32-22-24-14(2)11-19(28-22)27-20-12-15(3)29-30-20/h4-12H,1-3H3,(H2,23,25,26,31)(H2,24,27,28,29,30). The second-order valence-electron chi connectivity index (χ2n) is 7.12. The van der Waals surface area contributed by atoms with E-state index in [9.17, 15) is 4.79 Å². The first-order valence-electron chi connectivity index (χ1n) is 9.86. The number of nitrogens with zero attached hydrogens (tertiary/aromatic N) is 4. The summed E-state index contributed by atoms with van der Waals surface area (Å²) >= 11 is 0. The van der Waals surface area contributed by atoms with Crippen molar-refractivity contribution in [2.24, 2.45) is 0 Å². The zero-order valence-corrected chi connectivity index (χ0v) is 17.8. The van der Waals surface area contributed by atoms with Gasteiger partial charge in [0, 0.05) is 41.6 Å². The number of carbonyl (C=O) groups excluding carboxylic acids is 1. The summed E-state index contributed by atoms with van der Waals surface area (Å²) in [6, 6.07) is 12.3. The normalized spacial score (nSPS) is 10.5. The van der Waals surface area contributed by atoms with E-state index in [4.69, 9.17) is 4.74 Å². The Kier molecular flexibility index (Phi) is 5.93. The van der Waals surface area contributed by atoms with Crippen molar-refractivity contribution in [3.8, 4) is 11.8 Å². The van der Waals surface area contributed by atoms with Gasteiger partial charge < -0.3 is 20.7 Å². The molecule has 0 atom stereocenters. The van der Waals surface area contributed by atoms with Crippen LogP contribution in [-0.4, -0.2) is 31.2 Å². The monoisotopic (exact) mass is 430 g/mol. The summed E-state index contributed by atoms with van der Waals surface area (Å²) in [5, 5.41) is 15.7. The van der Waals surface area contributed by atoms with Gasteiger partial charge in [0.1, 0.15) is 17.4 Å². The number of hydrogen-bond donors (Lipinski definition) is 4. The molecule has 3 heterocycles. The van der Waals surface area contributed by atoms with Gasteiger partial charge in [0.25, 0.3) is 0 Å². The second-order valence-corrected chi connectivity index (χ2v) is 7.12. The number of carbonyl (C=O) groups is 1. The van der Waals surface area contributed by atoms with Crippen molar-refractivity contribution in [1.29, 1.82) is 0 Å². The Bertz CT molecular complexity index is 1240. The lowest BCUT2D eigenvalue weighted by Crippen LogP contribution is -2.19. The highest BCUT2D eigenvalue weighted by Crippen LogP contribution is 2.27. The van der Waals surface area contributed by atoms with Gasteiger partial charge in [0.05, 0.1) is 5.69 Å². The molecule has 0 bridgehead atoms. The molecule has 0 aliphatic carbocycles. The minimum atomic E-state index is -0.351. The van der Waals surface area contributed by atoms with Gasteiger partial charge in [0.15, 0.2) is 0 Å². The lowest BCUT2D eigenvalue weighted by molar-refractivity contribution is 0.262. The smallest absolute Gasteiger partial charge is 0.324 e. The molecule has 4 rings (SSSR count). The number of ether oxygens (including phenoxy) is 1. The van der Waals surface area contributed by atoms with Crippen molar-refractivity contribution < 1.29 is 9.53 Å². The molecule has 32 heavy (non-hydrogen) atoms. The van der Waals surface area contributed by atoms with E-state index in [0.717, 1.165) is 22.8 Å². The molecule has 2 amide bonds. The number of aromatic amines is 1. The van der Waals surface area contributed by atoms with Crippen LogP contribution in [-0.2, 0) is 0 Å². The highest BCUT2D eigenvalue weighted by molar-refractivity contribution is 5.99. The van der Waals surface area contributed by atoms with E-state index in [-0.39, 0.29) is 12.0 Å². The van der Waals surface area contributed by atoms with Crippen molar-refractivity contribution in [2.75, 3.05) is 16.0 Å². The van der Waals surface area contributed by atoms with E-state index < -0.39 is 0 Å². The van der Waals surface area contributed by atoms with E-state index in [1.165, 1.54) is 0 Å². The van der Waals surface area contributed by atoms with Crippen LogP contribution in [0.1, 0.15) is 17.0 Å². The fraction of sp³-hybridized carbons (Fsp3) is 0.136.